The standard InChI is InChI=1S/C19H26FN3O2S/c1-4-5-6-15(19-21-11-16(20)12-22-19)13-26-23-10-14-7-8-17(24-2)9-18(14)25-3/h7-9,11-12,15,23H,4-6,10,13H2,1-3H3. The molecule has 142 valence electrons. The van der Waals surface area contributed by atoms with Crippen molar-refractivity contribution in [3.05, 3.63) is 47.8 Å². The number of nitrogens with one attached hydrogen (secondary N) is 1. The first kappa shape index (κ1) is 20.5. The SMILES string of the molecule is CCCCC(CSNCc1ccc(OC)cc1OC)c1ncc(F)cn1. The molecule has 0 aliphatic heterocycles. The first-order valence-corrected chi connectivity index (χ1v) is 9.69. The van der Waals surface area contributed by atoms with Gasteiger partial charge in [-0.2, -0.15) is 0 Å². The first-order valence-electron chi connectivity index (χ1n) is 8.70. The molecule has 5 nitrogen and oxygen atoms in total. The summed E-state index contributed by atoms with van der Waals surface area (Å²) in [5.41, 5.74) is 1.06. The van der Waals surface area contributed by atoms with Crippen LogP contribution in [0.1, 0.15) is 43.5 Å². The zero-order valence-electron chi connectivity index (χ0n) is 15.5. The maximum atomic E-state index is 13.1. The molecule has 0 saturated heterocycles. The molecular formula is C19H26FN3O2S. The number of hydrogen-bond acceptors (Lipinski definition) is 6. The van der Waals surface area contributed by atoms with E-state index in [9.17, 15) is 4.39 Å². The number of rotatable bonds is 11. The summed E-state index contributed by atoms with van der Waals surface area (Å²) in [6.07, 6.45) is 5.67. The lowest BCUT2D eigenvalue weighted by atomic mass is 10.0. The number of benzene rings is 1. The number of ether oxygens (including phenoxy) is 2. The highest BCUT2D eigenvalue weighted by Gasteiger charge is 2.15. The smallest absolute Gasteiger partial charge is 0.159 e. The Morgan fingerprint density at radius 1 is 1.19 bits per heavy atom. The highest BCUT2D eigenvalue weighted by Crippen LogP contribution is 2.26. The van der Waals surface area contributed by atoms with Gasteiger partial charge in [0.05, 0.1) is 26.6 Å². The van der Waals surface area contributed by atoms with E-state index in [2.05, 4.69) is 21.6 Å². The van der Waals surface area contributed by atoms with Crippen molar-refractivity contribution in [1.29, 1.82) is 0 Å². The lowest BCUT2D eigenvalue weighted by Crippen LogP contribution is -2.12. The normalized spacial score (nSPS) is 12.0. The fraction of sp³-hybridized carbons (Fsp3) is 0.474. The Bertz CT molecular complexity index is 670. The van der Waals surface area contributed by atoms with Crippen molar-refractivity contribution >= 4 is 11.9 Å². The number of unbranched alkanes of at least 4 members (excludes halogenated alkanes) is 1. The molecule has 1 atom stereocenters. The molecule has 0 saturated carbocycles. The molecule has 2 aromatic rings. The van der Waals surface area contributed by atoms with E-state index >= 15 is 0 Å². The van der Waals surface area contributed by atoms with Crippen LogP contribution in [-0.4, -0.2) is 29.9 Å². The topological polar surface area (TPSA) is 56.3 Å². The minimum Gasteiger partial charge on any atom is -0.497 e. The molecule has 1 aromatic heterocycles. The predicted molar refractivity (Wildman–Crippen MR) is 103 cm³/mol. The molecule has 1 aromatic carbocycles. The Morgan fingerprint density at radius 2 is 1.96 bits per heavy atom. The molecule has 0 amide bonds. The zero-order chi connectivity index (χ0) is 18.8. The summed E-state index contributed by atoms with van der Waals surface area (Å²) >= 11 is 1.62. The predicted octanol–water partition coefficient (Wildman–Crippen LogP) is 4.34. The molecule has 1 heterocycles. The van der Waals surface area contributed by atoms with Crippen LogP contribution in [0.4, 0.5) is 4.39 Å². The third-order valence-electron chi connectivity index (χ3n) is 4.06. The second-order valence-electron chi connectivity index (χ2n) is 5.91. The van der Waals surface area contributed by atoms with Crippen LogP contribution in [0.25, 0.3) is 0 Å². The Labute approximate surface area is 158 Å². The van der Waals surface area contributed by atoms with E-state index in [4.69, 9.17) is 9.47 Å². The van der Waals surface area contributed by atoms with Gasteiger partial charge in [-0.25, -0.2) is 14.4 Å². The lowest BCUT2D eigenvalue weighted by Gasteiger charge is -2.16. The summed E-state index contributed by atoms with van der Waals surface area (Å²) < 4.78 is 27.1. The van der Waals surface area contributed by atoms with E-state index in [0.717, 1.165) is 42.1 Å². The van der Waals surface area contributed by atoms with Gasteiger partial charge in [0.2, 0.25) is 0 Å². The summed E-state index contributed by atoms with van der Waals surface area (Å²) in [4.78, 5) is 8.31. The molecule has 1 unspecified atom stereocenters. The van der Waals surface area contributed by atoms with Gasteiger partial charge in [0.25, 0.3) is 0 Å². The Morgan fingerprint density at radius 3 is 2.62 bits per heavy atom. The van der Waals surface area contributed by atoms with Crippen LogP contribution in [0.5, 0.6) is 11.5 Å². The summed E-state index contributed by atoms with van der Waals surface area (Å²) in [6, 6.07) is 5.78. The van der Waals surface area contributed by atoms with Crippen molar-refractivity contribution in [2.45, 2.75) is 38.6 Å². The van der Waals surface area contributed by atoms with E-state index in [1.54, 1.807) is 26.2 Å². The van der Waals surface area contributed by atoms with Crippen LogP contribution < -0.4 is 14.2 Å². The minimum atomic E-state index is -0.402. The lowest BCUT2D eigenvalue weighted by molar-refractivity contribution is 0.391. The van der Waals surface area contributed by atoms with Crippen LogP contribution in [0.3, 0.4) is 0 Å². The third kappa shape index (κ3) is 6.14. The molecule has 2 rings (SSSR count). The largest absolute Gasteiger partial charge is 0.497 e. The van der Waals surface area contributed by atoms with Gasteiger partial charge in [0, 0.05) is 29.8 Å². The van der Waals surface area contributed by atoms with Crippen molar-refractivity contribution in [3.8, 4) is 11.5 Å². The summed E-state index contributed by atoms with van der Waals surface area (Å²) in [7, 11) is 3.29. The van der Waals surface area contributed by atoms with Crippen LogP contribution >= 0.6 is 11.9 Å². The molecule has 0 radical (unpaired) electrons. The summed E-state index contributed by atoms with van der Waals surface area (Å²) in [5, 5.41) is 0. The monoisotopic (exact) mass is 379 g/mol. The molecule has 0 bridgehead atoms. The van der Waals surface area contributed by atoms with Crippen LogP contribution in [-0.2, 0) is 6.54 Å². The highest BCUT2D eigenvalue weighted by molar-refractivity contribution is 7.97. The van der Waals surface area contributed by atoms with Gasteiger partial charge in [0.1, 0.15) is 17.3 Å². The zero-order valence-corrected chi connectivity index (χ0v) is 16.3. The fourth-order valence-corrected chi connectivity index (χ4v) is 3.45. The molecule has 0 spiro atoms. The Balaban J connectivity index is 1.90. The van der Waals surface area contributed by atoms with E-state index in [1.807, 2.05) is 18.2 Å². The number of hydrogen-bond donors (Lipinski definition) is 1. The van der Waals surface area contributed by atoms with Crippen LogP contribution in [0, 0.1) is 5.82 Å². The van der Waals surface area contributed by atoms with E-state index in [-0.39, 0.29) is 5.92 Å². The van der Waals surface area contributed by atoms with Crippen molar-refractivity contribution in [2.24, 2.45) is 0 Å². The molecule has 0 aliphatic carbocycles. The average Bonchev–Trinajstić information content (AvgIpc) is 2.68. The van der Waals surface area contributed by atoms with Gasteiger partial charge in [0.15, 0.2) is 5.82 Å². The maximum absolute atomic E-state index is 13.1. The van der Waals surface area contributed by atoms with E-state index in [1.165, 1.54) is 12.4 Å². The van der Waals surface area contributed by atoms with Gasteiger partial charge in [-0.1, -0.05) is 37.8 Å². The number of aromatic nitrogens is 2. The van der Waals surface area contributed by atoms with Gasteiger partial charge in [-0.3, -0.25) is 4.72 Å². The third-order valence-corrected chi connectivity index (χ3v) is 4.97. The quantitative estimate of drug-likeness (QED) is 0.463. The maximum Gasteiger partial charge on any atom is 0.159 e. The Hall–Kier alpha value is -1.86. The Kier molecular flexibility index (Phi) is 8.64. The minimum absolute atomic E-state index is 0.200. The average molecular weight is 380 g/mol. The molecule has 1 N–H and O–H groups in total. The molecular weight excluding hydrogens is 353 g/mol. The number of methoxy groups -OCH3 is 2. The summed E-state index contributed by atoms with van der Waals surface area (Å²) in [6.45, 7) is 2.83. The second kappa shape index (κ2) is 11.0. The first-order chi connectivity index (χ1) is 12.7. The van der Waals surface area contributed by atoms with Crippen LogP contribution in [0.15, 0.2) is 30.6 Å². The van der Waals surface area contributed by atoms with E-state index < -0.39 is 5.82 Å². The van der Waals surface area contributed by atoms with Gasteiger partial charge < -0.3 is 9.47 Å². The van der Waals surface area contributed by atoms with Gasteiger partial charge >= 0.3 is 0 Å². The van der Waals surface area contributed by atoms with Crippen molar-refractivity contribution in [2.75, 3.05) is 20.0 Å². The molecule has 26 heavy (non-hydrogen) atoms. The van der Waals surface area contributed by atoms with Crippen LogP contribution in [0.2, 0.25) is 0 Å². The van der Waals surface area contributed by atoms with Gasteiger partial charge in [-0.15, -0.1) is 0 Å². The van der Waals surface area contributed by atoms with Gasteiger partial charge in [-0.05, 0) is 12.5 Å². The number of nitrogens with zero attached hydrogens (tertiary/aromatic N) is 2. The molecule has 0 fully saturated rings. The second-order valence-corrected chi connectivity index (χ2v) is 6.82. The van der Waals surface area contributed by atoms with E-state index in [0.29, 0.717) is 12.4 Å². The number of halogens is 1. The summed E-state index contributed by atoms with van der Waals surface area (Å²) in [5.74, 6) is 2.89. The molecule has 7 heteroatoms. The molecule has 0 aliphatic rings. The van der Waals surface area contributed by atoms with Crippen molar-refractivity contribution < 1.29 is 13.9 Å². The van der Waals surface area contributed by atoms with Crippen molar-refractivity contribution in [1.82, 2.24) is 14.7 Å². The van der Waals surface area contributed by atoms with Crippen molar-refractivity contribution in [3.63, 3.8) is 0 Å². The highest BCUT2D eigenvalue weighted by atomic mass is 32.2. The fourth-order valence-electron chi connectivity index (χ4n) is 2.56.